The molecule has 1 aromatic heterocycles. The molecule has 1 atom stereocenters. The minimum atomic E-state index is -0.622. The Morgan fingerprint density at radius 3 is 2.55 bits per heavy atom. The Hall–Kier alpha value is -2.54. The van der Waals surface area contributed by atoms with Crippen LogP contribution in [0.3, 0.4) is 0 Å². The molecule has 2 rings (SSSR count). The Kier molecular flexibility index (Phi) is 5.00. The van der Waals surface area contributed by atoms with E-state index in [-0.39, 0.29) is 24.3 Å². The molecule has 2 aromatic rings. The predicted octanol–water partition coefficient (Wildman–Crippen LogP) is 0.668. The summed E-state index contributed by atoms with van der Waals surface area (Å²) in [5.74, 6) is -0.649. The van der Waals surface area contributed by atoms with Crippen molar-refractivity contribution in [3.63, 3.8) is 0 Å². The van der Waals surface area contributed by atoms with Gasteiger partial charge in [-0.3, -0.25) is 19.6 Å². The highest BCUT2D eigenvalue weighted by molar-refractivity contribution is 5.96. The van der Waals surface area contributed by atoms with Crippen LogP contribution in [0.15, 0.2) is 30.6 Å². The van der Waals surface area contributed by atoms with E-state index in [0.29, 0.717) is 11.2 Å². The molecule has 4 N–H and O–H groups in total. The number of hydrogen-bond acceptors (Lipinski definition) is 5. The minimum Gasteiger partial charge on any atom is -0.346 e. The third-order valence-electron chi connectivity index (χ3n) is 3.20. The van der Waals surface area contributed by atoms with E-state index in [4.69, 9.17) is 5.73 Å². The molecular formula is C15H19N5O2. The van der Waals surface area contributed by atoms with Gasteiger partial charge >= 0.3 is 0 Å². The summed E-state index contributed by atoms with van der Waals surface area (Å²) in [7, 11) is 0. The Labute approximate surface area is 128 Å². The molecule has 7 nitrogen and oxygen atoms in total. The van der Waals surface area contributed by atoms with Crippen LogP contribution < -0.4 is 16.4 Å². The van der Waals surface area contributed by atoms with Gasteiger partial charge in [0, 0.05) is 18.1 Å². The fourth-order valence-corrected chi connectivity index (χ4v) is 1.83. The molecule has 0 aliphatic carbocycles. The van der Waals surface area contributed by atoms with Crippen LogP contribution in [0.2, 0.25) is 0 Å². The van der Waals surface area contributed by atoms with E-state index in [1.807, 2.05) is 13.8 Å². The second-order valence-electron chi connectivity index (χ2n) is 5.30. The molecule has 0 saturated carbocycles. The van der Waals surface area contributed by atoms with Crippen molar-refractivity contribution in [1.82, 2.24) is 15.3 Å². The number of nitrogens with zero attached hydrogens (tertiary/aromatic N) is 2. The molecule has 0 unspecified atom stereocenters. The first-order valence-corrected chi connectivity index (χ1v) is 7.01. The van der Waals surface area contributed by atoms with E-state index >= 15 is 0 Å². The van der Waals surface area contributed by atoms with Crippen LogP contribution in [0.4, 0.5) is 5.69 Å². The molecule has 7 heteroatoms. The number of amides is 2. The van der Waals surface area contributed by atoms with Crippen LogP contribution in [-0.2, 0) is 9.59 Å². The van der Waals surface area contributed by atoms with Crippen molar-refractivity contribution in [3.05, 3.63) is 30.6 Å². The lowest BCUT2D eigenvalue weighted by Gasteiger charge is -2.15. The molecule has 2 amide bonds. The molecule has 0 fully saturated rings. The highest BCUT2D eigenvalue weighted by Crippen LogP contribution is 2.14. The topological polar surface area (TPSA) is 110 Å². The molecular weight excluding hydrogens is 282 g/mol. The number of nitrogens with one attached hydrogen (secondary N) is 2. The lowest BCUT2D eigenvalue weighted by atomic mass is 10.1. The number of benzene rings is 1. The lowest BCUT2D eigenvalue weighted by molar-refractivity contribution is -0.125. The maximum absolute atomic E-state index is 11.8. The zero-order valence-electron chi connectivity index (χ0n) is 12.5. The lowest BCUT2D eigenvalue weighted by Crippen LogP contribution is -2.46. The normalized spacial score (nSPS) is 12.2. The molecule has 0 saturated heterocycles. The summed E-state index contributed by atoms with van der Waals surface area (Å²) >= 11 is 0. The van der Waals surface area contributed by atoms with Gasteiger partial charge in [0.05, 0.1) is 23.6 Å². The molecule has 0 aliphatic heterocycles. The Bertz CT molecular complexity index is 686. The summed E-state index contributed by atoms with van der Waals surface area (Å²) < 4.78 is 0. The number of carbonyl (C=O) groups is 2. The monoisotopic (exact) mass is 301 g/mol. The summed E-state index contributed by atoms with van der Waals surface area (Å²) in [6, 6.07) is 4.60. The van der Waals surface area contributed by atoms with E-state index in [1.165, 1.54) is 0 Å². The van der Waals surface area contributed by atoms with Gasteiger partial charge in [-0.2, -0.15) is 0 Å². The Morgan fingerprint density at radius 1 is 1.18 bits per heavy atom. The fourth-order valence-electron chi connectivity index (χ4n) is 1.83. The van der Waals surface area contributed by atoms with Crippen molar-refractivity contribution in [2.75, 3.05) is 11.9 Å². The maximum atomic E-state index is 11.8. The van der Waals surface area contributed by atoms with Crippen LogP contribution in [-0.4, -0.2) is 34.4 Å². The predicted molar refractivity (Wildman–Crippen MR) is 84.0 cm³/mol. The summed E-state index contributed by atoms with van der Waals surface area (Å²) in [6.07, 6.45) is 3.19. The van der Waals surface area contributed by atoms with Gasteiger partial charge in [-0.25, -0.2) is 0 Å². The van der Waals surface area contributed by atoms with Crippen molar-refractivity contribution in [1.29, 1.82) is 0 Å². The zero-order valence-corrected chi connectivity index (χ0v) is 12.5. The van der Waals surface area contributed by atoms with Gasteiger partial charge in [0.25, 0.3) is 0 Å². The first-order valence-electron chi connectivity index (χ1n) is 7.01. The first kappa shape index (κ1) is 15.8. The van der Waals surface area contributed by atoms with Crippen LogP contribution in [0.5, 0.6) is 0 Å². The van der Waals surface area contributed by atoms with Gasteiger partial charge in [0.1, 0.15) is 0 Å². The molecule has 1 aromatic carbocycles. The third kappa shape index (κ3) is 3.98. The summed E-state index contributed by atoms with van der Waals surface area (Å²) in [6.45, 7) is 3.57. The van der Waals surface area contributed by atoms with E-state index in [2.05, 4.69) is 20.6 Å². The largest absolute Gasteiger partial charge is 0.346 e. The van der Waals surface area contributed by atoms with E-state index in [0.717, 1.165) is 5.52 Å². The number of rotatable bonds is 5. The van der Waals surface area contributed by atoms with Crippen LogP contribution in [0.1, 0.15) is 13.8 Å². The highest BCUT2D eigenvalue weighted by atomic mass is 16.2. The van der Waals surface area contributed by atoms with Crippen molar-refractivity contribution >= 4 is 28.5 Å². The van der Waals surface area contributed by atoms with Crippen molar-refractivity contribution in [2.24, 2.45) is 11.7 Å². The van der Waals surface area contributed by atoms with E-state index < -0.39 is 6.04 Å². The van der Waals surface area contributed by atoms with Crippen molar-refractivity contribution < 1.29 is 9.59 Å². The standard InChI is InChI=1S/C15H19N5O2/c1-9(2)14(16)15(22)19-8-13(21)20-10-3-4-11-12(7-10)18-6-5-17-11/h3-7,9,14H,8,16H2,1-2H3,(H,19,22)(H,20,21)/t14-/m0/s1. The molecule has 0 aliphatic rings. The van der Waals surface area contributed by atoms with Crippen LogP contribution in [0.25, 0.3) is 11.0 Å². The van der Waals surface area contributed by atoms with Gasteiger partial charge in [-0.05, 0) is 24.1 Å². The van der Waals surface area contributed by atoms with Gasteiger partial charge in [0.2, 0.25) is 11.8 Å². The fraction of sp³-hybridized carbons (Fsp3) is 0.333. The van der Waals surface area contributed by atoms with E-state index in [1.54, 1.807) is 30.6 Å². The Morgan fingerprint density at radius 2 is 1.86 bits per heavy atom. The summed E-state index contributed by atoms with van der Waals surface area (Å²) in [5.41, 5.74) is 7.73. The minimum absolute atomic E-state index is 0.0159. The molecule has 0 bridgehead atoms. The second kappa shape index (κ2) is 6.95. The van der Waals surface area contributed by atoms with Crippen molar-refractivity contribution in [3.8, 4) is 0 Å². The quantitative estimate of drug-likeness (QED) is 0.751. The van der Waals surface area contributed by atoms with Crippen LogP contribution >= 0.6 is 0 Å². The van der Waals surface area contributed by atoms with Gasteiger partial charge in [-0.1, -0.05) is 13.8 Å². The second-order valence-corrected chi connectivity index (χ2v) is 5.30. The molecule has 0 spiro atoms. The average Bonchev–Trinajstić information content (AvgIpc) is 2.51. The maximum Gasteiger partial charge on any atom is 0.243 e. The number of aromatic nitrogens is 2. The third-order valence-corrected chi connectivity index (χ3v) is 3.20. The first-order chi connectivity index (χ1) is 10.5. The molecule has 0 radical (unpaired) electrons. The number of anilines is 1. The number of fused-ring (bicyclic) bond motifs is 1. The Balaban J connectivity index is 1.92. The van der Waals surface area contributed by atoms with E-state index in [9.17, 15) is 9.59 Å². The summed E-state index contributed by atoms with van der Waals surface area (Å²) in [5, 5.41) is 5.21. The summed E-state index contributed by atoms with van der Waals surface area (Å²) in [4.78, 5) is 31.8. The molecule has 22 heavy (non-hydrogen) atoms. The molecule has 116 valence electrons. The molecule has 1 heterocycles. The van der Waals surface area contributed by atoms with Gasteiger partial charge < -0.3 is 16.4 Å². The van der Waals surface area contributed by atoms with Crippen molar-refractivity contribution in [2.45, 2.75) is 19.9 Å². The zero-order chi connectivity index (χ0) is 16.1. The highest BCUT2D eigenvalue weighted by Gasteiger charge is 2.17. The average molecular weight is 301 g/mol. The number of hydrogen-bond donors (Lipinski definition) is 3. The van der Waals surface area contributed by atoms with Gasteiger partial charge in [0.15, 0.2) is 0 Å². The van der Waals surface area contributed by atoms with Gasteiger partial charge in [-0.15, -0.1) is 0 Å². The SMILES string of the molecule is CC(C)[C@H](N)C(=O)NCC(=O)Nc1ccc2nccnc2c1. The van der Waals surface area contributed by atoms with Crippen LogP contribution in [0, 0.1) is 5.92 Å². The number of carbonyl (C=O) groups excluding carboxylic acids is 2. The number of nitrogens with two attached hydrogens (primary N) is 1. The smallest absolute Gasteiger partial charge is 0.243 e.